The van der Waals surface area contributed by atoms with E-state index in [4.69, 9.17) is 0 Å². The molecule has 0 fully saturated rings. The van der Waals surface area contributed by atoms with Crippen molar-refractivity contribution in [1.29, 1.82) is 0 Å². The van der Waals surface area contributed by atoms with E-state index in [9.17, 15) is 0 Å². The van der Waals surface area contributed by atoms with Gasteiger partial charge in [0.1, 0.15) is 0 Å². The molecule has 17 rings (SSSR count). The van der Waals surface area contributed by atoms with E-state index in [1.807, 2.05) is 0 Å². The average molecular weight is 1120 g/mol. The van der Waals surface area contributed by atoms with Gasteiger partial charge < -0.3 is 0 Å². The largest absolute Gasteiger partial charge is 0.0713 e. The van der Waals surface area contributed by atoms with Gasteiger partial charge in [0.15, 0.2) is 0 Å². The van der Waals surface area contributed by atoms with Crippen molar-refractivity contribution in [1.82, 2.24) is 0 Å². The molecule has 0 saturated carbocycles. The van der Waals surface area contributed by atoms with Gasteiger partial charge in [-0.15, -0.1) is 0 Å². The molecule has 2 atom stereocenters. The molecule has 0 nitrogen and oxygen atoms in total. The SMILES string of the molecule is Cc1ccc2ccc(-c3ccc4c(c3)C(c3ccccc3)(c3cccc(-c5cc6ccc(-c7cccc8c7-c7ccccc7C8(C)Cc7cc(-c8ccc9c(c8)-c8ccccc8C9(C)C)cc8cc(C)ccc78)cc6cc5C)c3)c3ccccc3-4)cc2c1. The lowest BCUT2D eigenvalue weighted by atomic mass is 9.67. The van der Waals surface area contributed by atoms with Crippen molar-refractivity contribution in [2.24, 2.45) is 0 Å². The Kier molecular flexibility index (Phi) is 11.5. The quantitative estimate of drug-likeness (QED) is 0.142. The molecule has 0 amide bonds. The molecule has 0 heteroatoms. The Morgan fingerprint density at radius 3 is 1.67 bits per heavy atom. The Labute approximate surface area is 517 Å². The second-order valence-electron chi connectivity index (χ2n) is 26.4. The smallest absolute Gasteiger partial charge is 0.0622 e. The van der Waals surface area contributed by atoms with Gasteiger partial charge in [0.2, 0.25) is 0 Å². The molecular formula is C88H66. The summed E-state index contributed by atoms with van der Waals surface area (Å²) in [6.45, 7) is 13.9. The van der Waals surface area contributed by atoms with Gasteiger partial charge in [0.05, 0.1) is 5.41 Å². The van der Waals surface area contributed by atoms with Crippen LogP contribution in [-0.2, 0) is 22.7 Å². The predicted molar refractivity (Wildman–Crippen MR) is 372 cm³/mol. The summed E-state index contributed by atoms with van der Waals surface area (Å²) in [6, 6.07) is 107. The van der Waals surface area contributed by atoms with E-state index >= 15 is 0 Å². The third-order valence-electron chi connectivity index (χ3n) is 20.8. The van der Waals surface area contributed by atoms with Gasteiger partial charge in [0, 0.05) is 10.8 Å². The van der Waals surface area contributed by atoms with E-state index in [0.717, 1.165) is 6.42 Å². The summed E-state index contributed by atoms with van der Waals surface area (Å²) >= 11 is 0. The molecular weight excluding hydrogens is 1060 g/mol. The van der Waals surface area contributed by atoms with Crippen LogP contribution in [0, 0.1) is 20.8 Å². The minimum atomic E-state index is -0.554. The standard InChI is InChI=1S/C88H66/c1-54-30-32-57-33-34-58(45-64(57)42-54)61-37-40-75-73-22-11-15-28-82(73)88(84(75)52-61,69-19-8-7-9-20-69)70-21-16-18-62(49-70)77-50-59-35-36-63(46-65(59)44-56(77)3)72-25-17-29-83-85(72)76-24-12-14-27-81(76)87(83,6)53-68-48-66(47-67-43-55(2)31-39-71(67)68)60-38-41-80-78(51-60)74-23-10-13-26-79(74)86(80,4)5/h7-52H,53H2,1-6H3. The topological polar surface area (TPSA) is 0 Å². The number of benzene rings is 14. The van der Waals surface area contributed by atoms with Crippen molar-refractivity contribution in [3.8, 4) is 77.9 Å². The van der Waals surface area contributed by atoms with Gasteiger partial charge in [-0.25, -0.2) is 0 Å². The van der Waals surface area contributed by atoms with E-state index in [1.165, 1.54) is 177 Å². The van der Waals surface area contributed by atoms with Crippen molar-refractivity contribution in [2.45, 2.75) is 64.2 Å². The van der Waals surface area contributed by atoms with Crippen molar-refractivity contribution < 1.29 is 0 Å². The first kappa shape index (κ1) is 52.2. The molecule has 14 aromatic rings. The van der Waals surface area contributed by atoms with Crippen LogP contribution in [0.4, 0.5) is 0 Å². The number of hydrogen-bond donors (Lipinski definition) is 0. The van der Waals surface area contributed by atoms with Crippen LogP contribution in [0.15, 0.2) is 279 Å². The van der Waals surface area contributed by atoms with E-state index < -0.39 is 5.41 Å². The summed E-state index contributed by atoms with van der Waals surface area (Å²) in [5.41, 5.74) is 33.0. The fourth-order valence-electron chi connectivity index (χ4n) is 16.5. The molecule has 0 heterocycles. The summed E-state index contributed by atoms with van der Waals surface area (Å²) in [7, 11) is 0. The maximum Gasteiger partial charge on any atom is 0.0713 e. The van der Waals surface area contributed by atoms with Crippen molar-refractivity contribution in [3.05, 3.63) is 346 Å². The van der Waals surface area contributed by atoms with Crippen LogP contribution < -0.4 is 0 Å². The first-order valence-electron chi connectivity index (χ1n) is 31.4. The lowest BCUT2D eigenvalue weighted by Gasteiger charge is -2.34. The fraction of sp³-hybridized carbons (Fsp3) is 0.114. The van der Waals surface area contributed by atoms with Gasteiger partial charge in [0.25, 0.3) is 0 Å². The van der Waals surface area contributed by atoms with Gasteiger partial charge >= 0.3 is 0 Å². The fourth-order valence-corrected chi connectivity index (χ4v) is 16.5. The monoisotopic (exact) mass is 1120 g/mol. The Balaban J connectivity index is 0.750. The van der Waals surface area contributed by atoms with Crippen molar-refractivity contribution >= 4 is 32.3 Å². The van der Waals surface area contributed by atoms with Gasteiger partial charge in [-0.05, 0) is 235 Å². The van der Waals surface area contributed by atoms with Gasteiger partial charge in [-0.1, -0.05) is 268 Å². The van der Waals surface area contributed by atoms with Crippen LogP contribution in [0.2, 0.25) is 0 Å². The highest BCUT2D eigenvalue weighted by Gasteiger charge is 2.47. The van der Waals surface area contributed by atoms with E-state index in [-0.39, 0.29) is 10.8 Å². The van der Waals surface area contributed by atoms with Crippen LogP contribution in [-0.4, -0.2) is 0 Å². The maximum atomic E-state index is 2.51. The zero-order valence-electron chi connectivity index (χ0n) is 50.8. The summed E-state index contributed by atoms with van der Waals surface area (Å²) in [6.07, 6.45) is 0.868. The molecule has 14 aromatic carbocycles. The molecule has 0 saturated heterocycles. The van der Waals surface area contributed by atoms with Crippen molar-refractivity contribution in [2.75, 3.05) is 0 Å². The lowest BCUT2D eigenvalue weighted by Crippen LogP contribution is -2.28. The number of fused-ring (bicyclic) bond motifs is 12. The normalized spacial score (nSPS) is 16.5. The second-order valence-corrected chi connectivity index (χ2v) is 26.4. The maximum absolute atomic E-state index is 2.51. The van der Waals surface area contributed by atoms with Crippen LogP contribution in [0.25, 0.3) is 110 Å². The molecule has 88 heavy (non-hydrogen) atoms. The Bertz CT molecular complexity index is 5260. The minimum Gasteiger partial charge on any atom is -0.0622 e. The van der Waals surface area contributed by atoms with Crippen molar-refractivity contribution in [3.63, 3.8) is 0 Å². The van der Waals surface area contributed by atoms with Crippen LogP contribution in [0.1, 0.15) is 87.5 Å². The summed E-state index contributed by atoms with van der Waals surface area (Å²) in [4.78, 5) is 0. The molecule has 2 unspecified atom stereocenters. The summed E-state index contributed by atoms with van der Waals surface area (Å²) < 4.78 is 0. The van der Waals surface area contributed by atoms with Gasteiger partial charge in [-0.3, -0.25) is 0 Å². The Hall–Kier alpha value is -10.1. The third kappa shape index (κ3) is 7.77. The second kappa shape index (κ2) is 19.4. The first-order valence-corrected chi connectivity index (χ1v) is 31.4. The zero-order valence-corrected chi connectivity index (χ0v) is 50.8. The minimum absolute atomic E-state index is 0.0341. The molecule has 0 bridgehead atoms. The molecule has 3 aliphatic rings. The molecule has 3 aliphatic carbocycles. The third-order valence-corrected chi connectivity index (χ3v) is 20.8. The summed E-state index contributed by atoms with van der Waals surface area (Å²) in [5.74, 6) is 0. The zero-order chi connectivity index (χ0) is 59.2. The van der Waals surface area contributed by atoms with E-state index in [0.29, 0.717) is 0 Å². The molecule has 0 N–H and O–H groups in total. The lowest BCUT2D eigenvalue weighted by molar-refractivity contribution is 0.585. The highest BCUT2D eigenvalue weighted by atomic mass is 14.5. The van der Waals surface area contributed by atoms with Crippen LogP contribution in [0.3, 0.4) is 0 Å². The molecule has 0 radical (unpaired) electrons. The summed E-state index contributed by atoms with van der Waals surface area (Å²) in [5, 5.41) is 7.63. The highest BCUT2D eigenvalue weighted by molar-refractivity contribution is 5.99. The van der Waals surface area contributed by atoms with Gasteiger partial charge in [-0.2, -0.15) is 0 Å². The number of aryl methyl sites for hydroxylation is 3. The van der Waals surface area contributed by atoms with Crippen LogP contribution >= 0.6 is 0 Å². The Morgan fingerprint density at radius 1 is 0.273 bits per heavy atom. The van der Waals surface area contributed by atoms with Crippen LogP contribution in [0.5, 0.6) is 0 Å². The number of hydrogen-bond acceptors (Lipinski definition) is 0. The molecule has 0 aromatic heterocycles. The first-order chi connectivity index (χ1) is 42.9. The average Bonchev–Trinajstić information content (AvgIpc) is 1.91. The van der Waals surface area contributed by atoms with E-state index in [2.05, 4.69) is 321 Å². The predicted octanol–water partition coefficient (Wildman–Crippen LogP) is 22.9. The Morgan fingerprint density at radius 2 is 0.830 bits per heavy atom. The van der Waals surface area contributed by atoms with E-state index in [1.54, 1.807) is 0 Å². The number of rotatable bonds is 8. The highest BCUT2D eigenvalue weighted by Crippen LogP contribution is 2.59. The molecule has 418 valence electrons. The molecule has 0 aliphatic heterocycles. The molecule has 0 spiro atoms.